The summed E-state index contributed by atoms with van der Waals surface area (Å²) >= 11 is 0. The lowest BCUT2D eigenvalue weighted by Gasteiger charge is -2.36. The first-order chi connectivity index (χ1) is 15.3. The number of nitrogens with one attached hydrogen (secondary N) is 1. The normalized spacial score (nSPS) is 14.5. The molecule has 4 rings (SSSR count). The minimum atomic E-state index is -4.39. The summed E-state index contributed by atoms with van der Waals surface area (Å²) in [5.41, 5.74) is 1.44. The lowest BCUT2D eigenvalue weighted by Crippen LogP contribution is -2.51. The molecule has 0 aliphatic carbocycles. The molecule has 0 saturated carbocycles. The summed E-state index contributed by atoms with van der Waals surface area (Å²) in [5, 5.41) is 6.76. The SMILES string of the molecule is CCNC(=O)N1CCN(c2ccc(-c3noc(-c4ccc(C(F)(F)F)cc4)n3)cc2)CC1. The fraction of sp³-hybridized carbons (Fsp3) is 0.318. The van der Waals surface area contributed by atoms with Gasteiger partial charge in [-0.3, -0.25) is 0 Å². The zero-order chi connectivity index (χ0) is 22.7. The molecule has 1 fully saturated rings. The minimum absolute atomic E-state index is 0.0385. The van der Waals surface area contributed by atoms with E-state index in [9.17, 15) is 18.0 Å². The van der Waals surface area contributed by atoms with Crippen LogP contribution in [0.25, 0.3) is 22.8 Å². The molecular formula is C22H22F3N5O2. The van der Waals surface area contributed by atoms with Gasteiger partial charge < -0.3 is 19.6 Å². The van der Waals surface area contributed by atoms with E-state index in [1.54, 1.807) is 4.90 Å². The number of carbonyl (C=O) groups excluding carboxylic acids is 1. The molecule has 2 aromatic carbocycles. The van der Waals surface area contributed by atoms with Crippen molar-refractivity contribution in [3.63, 3.8) is 0 Å². The highest BCUT2D eigenvalue weighted by molar-refractivity contribution is 5.74. The predicted molar refractivity (Wildman–Crippen MR) is 113 cm³/mol. The van der Waals surface area contributed by atoms with E-state index in [1.165, 1.54) is 12.1 Å². The van der Waals surface area contributed by atoms with E-state index in [4.69, 9.17) is 4.52 Å². The first-order valence-corrected chi connectivity index (χ1v) is 10.2. The molecule has 168 valence electrons. The van der Waals surface area contributed by atoms with Gasteiger partial charge in [-0.2, -0.15) is 18.2 Å². The highest BCUT2D eigenvalue weighted by Gasteiger charge is 2.30. The number of aromatic nitrogens is 2. The van der Waals surface area contributed by atoms with Crippen LogP contribution < -0.4 is 10.2 Å². The van der Waals surface area contributed by atoms with Crippen molar-refractivity contribution in [3.05, 3.63) is 54.1 Å². The topological polar surface area (TPSA) is 74.5 Å². The number of nitrogens with zero attached hydrogens (tertiary/aromatic N) is 4. The Morgan fingerprint density at radius 1 is 1.00 bits per heavy atom. The number of urea groups is 1. The lowest BCUT2D eigenvalue weighted by atomic mass is 10.1. The van der Waals surface area contributed by atoms with Crippen LogP contribution >= 0.6 is 0 Å². The second-order valence-electron chi connectivity index (χ2n) is 7.35. The number of rotatable bonds is 4. The smallest absolute Gasteiger partial charge is 0.368 e. The van der Waals surface area contributed by atoms with E-state index in [1.807, 2.05) is 31.2 Å². The number of anilines is 1. The Morgan fingerprint density at radius 3 is 2.22 bits per heavy atom. The summed E-state index contributed by atoms with van der Waals surface area (Å²) in [6.45, 7) is 5.26. The average Bonchev–Trinajstić information content (AvgIpc) is 3.29. The van der Waals surface area contributed by atoms with Crippen LogP contribution in [0, 0.1) is 0 Å². The number of hydrogen-bond acceptors (Lipinski definition) is 5. The first kappa shape index (κ1) is 21.7. The molecule has 1 saturated heterocycles. The van der Waals surface area contributed by atoms with E-state index < -0.39 is 11.7 Å². The first-order valence-electron chi connectivity index (χ1n) is 10.2. The van der Waals surface area contributed by atoms with Crippen molar-refractivity contribution in [1.82, 2.24) is 20.4 Å². The summed E-state index contributed by atoms with van der Waals surface area (Å²) in [5.74, 6) is 0.506. The molecule has 0 unspecified atom stereocenters. The minimum Gasteiger partial charge on any atom is -0.368 e. The van der Waals surface area contributed by atoms with Crippen LogP contribution in [0.2, 0.25) is 0 Å². The van der Waals surface area contributed by atoms with E-state index in [0.29, 0.717) is 31.0 Å². The molecule has 1 N–H and O–H groups in total. The summed E-state index contributed by atoms with van der Waals surface area (Å²) in [6, 6.07) is 12.2. The van der Waals surface area contributed by atoms with Crippen molar-refractivity contribution in [3.8, 4) is 22.8 Å². The molecule has 2 amide bonds. The van der Waals surface area contributed by atoms with E-state index in [0.717, 1.165) is 36.5 Å². The Morgan fingerprint density at radius 2 is 1.62 bits per heavy atom. The number of amides is 2. The van der Waals surface area contributed by atoms with Crippen molar-refractivity contribution in [1.29, 1.82) is 0 Å². The van der Waals surface area contributed by atoms with Gasteiger partial charge >= 0.3 is 12.2 Å². The van der Waals surface area contributed by atoms with Gasteiger partial charge in [-0.05, 0) is 55.5 Å². The van der Waals surface area contributed by atoms with Crippen LogP contribution in [-0.2, 0) is 6.18 Å². The van der Waals surface area contributed by atoms with Crippen LogP contribution in [0.4, 0.5) is 23.7 Å². The third-order valence-electron chi connectivity index (χ3n) is 5.27. The Hall–Kier alpha value is -3.56. The maximum atomic E-state index is 12.7. The average molecular weight is 445 g/mol. The summed E-state index contributed by atoms with van der Waals surface area (Å²) in [4.78, 5) is 20.2. The molecule has 2 heterocycles. The number of carbonyl (C=O) groups is 1. The summed E-state index contributed by atoms with van der Waals surface area (Å²) < 4.78 is 43.4. The second-order valence-corrected chi connectivity index (χ2v) is 7.35. The molecule has 0 atom stereocenters. The fourth-order valence-corrected chi connectivity index (χ4v) is 3.51. The van der Waals surface area contributed by atoms with E-state index >= 15 is 0 Å². The van der Waals surface area contributed by atoms with Gasteiger partial charge in [0.25, 0.3) is 5.89 Å². The molecule has 1 aliphatic rings. The molecule has 10 heteroatoms. The standard InChI is InChI=1S/C22H22F3N5O2/c1-2-26-21(31)30-13-11-29(12-14-30)18-9-5-15(6-10-18)19-27-20(32-28-19)16-3-7-17(8-4-16)22(23,24)25/h3-10H,2,11-14H2,1H3,(H,26,31). The number of piperazine rings is 1. The predicted octanol–water partition coefficient (Wildman–Crippen LogP) is 4.27. The fourth-order valence-electron chi connectivity index (χ4n) is 3.51. The lowest BCUT2D eigenvalue weighted by molar-refractivity contribution is -0.137. The van der Waals surface area contributed by atoms with Crippen molar-refractivity contribution in [2.75, 3.05) is 37.6 Å². The molecule has 0 radical (unpaired) electrons. The molecule has 1 aliphatic heterocycles. The molecular weight excluding hydrogens is 423 g/mol. The molecule has 0 bridgehead atoms. The van der Waals surface area contributed by atoms with Crippen LogP contribution in [0.3, 0.4) is 0 Å². The Balaban J connectivity index is 1.41. The maximum Gasteiger partial charge on any atom is 0.416 e. The molecule has 0 spiro atoms. The number of benzene rings is 2. The van der Waals surface area contributed by atoms with Gasteiger partial charge in [-0.15, -0.1) is 0 Å². The van der Waals surface area contributed by atoms with Gasteiger partial charge in [0.05, 0.1) is 5.56 Å². The highest BCUT2D eigenvalue weighted by atomic mass is 19.4. The van der Waals surface area contributed by atoms with Crippen molar-refractivity contribution in [2.24, 2.45) is 0 Å². The second kappa shape index (κ2) is 8.89. The van der Waals surface area contributed by atoms with E-state index in [2.05, 4.69) is 20.4 Å². The third-order valence-corrected chi connectivity index (χ3v) is 5.27. The van der Waals surface area contributed by atoms with Crippen molar-refractivity contribution >= 4 is 11.7 Å². The van der Waals surface area contributed by atoms with Crippen LogP contribution in [0.1, 0.15) is 12.5 Å². The Labute approximate surface area is 182 Å². The van der Waals surface area contributed by atoms with Crippen LogP contribution in [-0.4, -0.2) is 53.8 Å². The van der Waals surface area contributed by atoms with Gasteiger partial charge in [-0.25, -0.2) is 4.79 Å². The van der Waals surface area contributed by atoms with Gasteiger partial charge in [-0.1, -0.05) is 5.16 Å². The van der Waals surface area contributed by atoms with E-state index in [-0.39, 0.29) is 11.9 Å². The van der Waals surface area contributed by atoms with Crippen molar-refractivity contribution < 1.29 is 22.5 Å². The zero-order valence-corrected chi connectivity index (χ0v) is 17.4. The number of halogens is 3. The summed E-state index contributed by atoms with van der Waals surface area (Å²) in [7, 11) is 0. The van der Waals surface area contributed by atoms with Crippen LogP contribution in [0.5, 0.6) is 0 Å². The molecule has 3 aromatic rings. The van der Waals surface area contributed by atoms with Crippen molar-refractivity contribution in [2.45, 2.75) is 13.1 Å². The monoisotopic (exact) mass is 445 g/mol. The quantitative estimate of drug-likeness (QED) is 0.649. The van der Waals surface area contributed by atoms with Gasteiger partial charge in [0.15, 0.2) is 0 Å². The Kier molecular flexibility index (Phi) is 6.02. The number of hydrogen-bond donors (Lipinski definition) is 1. The zero-order valence-electron chi connectivity index (χ0n) is 17.4. The highest BCUT2D eigenvalue weighted by Crippen LogP contribution is 2.31. The van der Waals surface area contributed by atoms with Gasteiger partial charge in [0.1, 0.15) is 0 Å². The summed E-state index contributed by atoms with van der Waals surface area (Å²) in [6.07, 6.45) is -4.39. The van der Waals surface area contributed by atoms with Crippen LogP contribution in [0.15, 0.2) is 53.1 Å². The molecule has 1 aromatic heterocycles. The largest absolute Gasteiger partial charge is 0.416 e. The van der Waals surface area contributed by atoms with Gasteiger partial charge in [0.2, 0.25) is 5.82 Å². The molecule has 32 heavy (non-hydrogen) atoms. The molecule has 7 nitrogen and oxygen atoms in total. The van der Waals surface area contributed by atoms with Gasteiger partial charge in [0, 0.05) is 49.5 Å². The Bertz CT molecular complexity index is 1060. The maximum absolute atomic E-state index is 12.7. The third kappa shape index (κ3) is 4.68. The number of alkyl halides is 3.